The molecular weight excluding hydrogens is 377 g/mol. The average Bonchev–Trinajstić information content (AvgIpc) is 2.46. The van der Waals surface area contributed by atoms with Gasteiger partial charge in [-0.15, -0.1) is 12.4 Å². The van der Waals surface area contributed by atoms with Crippen molar-refractivity contribution in [1.29, 1.82) is 0 Å². The number of rotatable bonds is 7. The topological polar surface area (TPSA) is 107 Å². The first-order chi connectivity index (χ1) is 10.5. The van der Waals surface area contributed by atoms with E-state index in [4.69, 9.17) is 17.3 Å². The van der Waals surface area contributed by atoms with Crippen LogP contribution in [-0.2, 0) is 10.0 Å². The number of nitro groups is 1. The molecule has 24 heavy (non-hydrogen) atoms. The largest absolute Gasteiger partial charge is 0.327 e. The van der Waals surface area contributed by atoms with Crippen molar-refractivity contribution in [3.8, 4) is 0 Å². The van der Waals surface area contributed by atoms with Crippen LogP contribution in [0.2, 0.25) is 5.02 Å². The van der Waals surface area contributed by atoms with Crippen molar-refractivity contribution < 1.29 is 13.3 Å². The van der Waals surface area contributed by atoms with Crippen LogP contribution in [0, 0.1) is 23.0 Å². The van der Waals surface area contributed by atoms with Gasteiger partial charge in [-0.1, -0.05) is 25.4 Å². The highest BCUT2D eigenvalue weighted by atomic mass is 35.5. The Morgan fingerprint density at radius 2 is 1.92 bits per heavy atom. The SMILES string of the molecule is Cc1c(Cl)cc(S(=O)(=O)N(C)CCC(N)C(C)C)cc1[N+](=O)[O-].Cl. The van der Waals surface area contributed by atoms with Gasteiger partial charge in [-0.05, 0) is 25.3 Å². The Kier molecular flexibility index (Phi) is 8.61. The molecule has 0 heterocycles. The summed E-state index contributed by atoms with van der Waals surface area (Å²) in [4.78, 5) is 10.2. The Hall–Kier alpha value is -0.930. The molecule has 0 radical (unpaired) electrons. The molecular formula is C14H23Cl2N3O4S. The van der Waals surface area contributed by atoms with Crippen molar-refractivity contribution in [3.63, 3.8) is 0 Å². The standard InChI is InChI=1S/C14H22ClN3O4S.ClH/c1-9(2)13(16)5-6-17(4)23(21,22)11-7-12(15)10(3)14(8-11)18(19)20;/h7-9,13H,5-6,16H2,1-4H3;1H. The van der Waals surface area contributed by atoms with Gasteiger partial charge < -0.3 is 5.73 Å². The molecule has 0 amide bonds. The van der Waals surface area contributed by atoms with Crippen molar-refractivity contribution in [2.45, 2.75) is 38.1 Å². The minimum atomic E-state index is -3.87. The zero-order chi connectivity index (χ0) is 17.9. The van der Waals surface area contributed by atoms with Crippen LogP contribution >= 0.6 is 24.0 Å². The monoisotopic (exact) mass is 399 g/mol. The normalized spacial score (nSPS) is 13.0. The molecule has 0 aliphatic carbocycles. The van der Waals surface area contributed by atoms with E-state index >= 15 is 0 Å². The van der Waals surface area contributed by atoms with E-state index < -0.39 is 14.9 Å². The Morgan fingerprint density at radius 3 is 2.38 bits per heavy atom. The molecule has 1 unspecified atom stereocenters. The van der Waals surface area contributed by atoms with Crippen molar-refractivity contribution in [2.75, 3.05) is 13.6 Å². The summed E-state index contributed by atoms with van der Waals surface area (Å²) in [6.45, 7) is 5.62. The van der Waals surface area contributed by atoms with E-state index in [1.54, 1.807) is 0 Å². The highest BCUT2D eigenvalue weighted by molar-refractivity contribution is 7.89. The molecule has 1 rings (SSSR count). The number of benzene rings is 1. The van der Waals surface area contributed by atoms with Crippen molar-refractivity contribution >= 4 is 39.7 Å². The van der Waals surface area contributed by atoms with Gasteiger partial charge in [0.05, 0.1) is 14.8 Å². The van der Waals surface area contributed by atoms with Crippen molar-refractivity contribution in [2.24, 2.45) is 11.7 Å². The van der Waals surface area contributed by atoms with E-state index in [1.807, 2.05) is 13.8 Å². The molecule has 0 saturated carbocycles. The lowest BCUT2D eigenvalue weighted by atomic mass is 10.0. The van der Waals surface area contributed by atoms with E-state index in [9.17, 15) is 18.5 Å². The second kappa shape index (κ2) is 8.96. The first-order valence-corrected chi connectivity index (χ1v) is 8.96. The number of hydrogen-bond donors (Lipinski definition) is 1. The zero-order valence-corrected chi connectivity index (χ0v) is 16.4. The maximum Gasteiger partial charge on any atom is 0.275 e. The van der Waals surface area contributed by atoms with Crippen LogP contribution in [0.1, 0.15) is 25.8 Å². The molecule has 1 atom stereocenters. The Labute approximate surface area is 153 Å². The Bertz CT molecular complexity index is 696. The van der Waals surface area contributed by atoms with Crippen LogP contribution in [0.4, 0.5) is 5.69 Å². The number of hydrogen-bond acceptors (Lipinski definition) is 5. The minimum absolute atomic E-state index is 0. The molecule has 10 heteroatoms. The van der Waals surface area contributed by atoms with Crippen molar-refractivity contribution in [3.05, 3.63) is 32.8 Å². The Morgan fingerprint density at radius 1 is 1.38 bits per heavy atom. The lowest BCUT2D eigenvalue weighted by molar-refractivity contribution is -0.385. The maximum atomic E-state index is 12.6. The van der Waals surface area contributed by atoms with E-state index in [0.717, 1.165) is 10.4 Å². The summed E-state index contributed by atoms with van der Waals surface area (Å²) in [6, 6.07) is 2.15. The number of nitro benzene ring substituents is 1. The maximum absolute atomic E-state index is 12.6. The number of nitrogens with zero attached hydrogens (tertiary/aromatic N) is 2. The Balaban J connectivity index is 0.00000529. The molecule has 1 aromatic rings. The quantitative estimate of drug-likeness (QED) is 0.559. The first kappa shape index (κ1) is 23.1. The molecule has 2 N–H and O–H groups in total. The van der Waals surface area contributed by atoms with Gasteiger partial charge in [0.15, 0.2) is 0 Å². The molecule has 7 nitrogen and oxygen atoms in total. The lowest BCUT2D eigenvalue weighted by Gasteiger charge is -2.21. The third kappa shape index (κ3) is 5.29. The van der Waals surface area contributed by atoms with E-state index in [0.29, 0.717) is 6.42 Å². The van der Waals surface area contributed by atoms with Gasteiger partial charge in [-0.3, -0.25) is 10.1 Å². The fourth-order valence-electron chi connectivity index (χ4n) is 1.94. The second-order valence-electron chi connectivity index (χ2n) is 5.83. The molecule has 0 aliphatic heterocycles. The summed E-state index contributed by atoms with van der Waals surface area (Å²) in [7, 11) is -2.45. The number of nitrogens with two attached hydrogens (primary N) is 1. The highest BCUT2D eigenvalue weighted by Crippen LogP contribution is 2.30. The van der Waals surface area contributed by atoms with Gasteiger partial charge in [-0.25, -0.2) is 12.7 Å². The van der Waals surface area contributed by atoms with Gasteiger partial charge in [0.2, 0.25) is 10.0 Å². The van der Waals surface area contributed by atoms with Crippen LogP contribution in [0.15, 0.2) is 17.0 Å². The average molecular weight is 400 g/mol. The molecule has 0 bridgehead atoms. The third-order valence-corrected chi connectivity index (χ3v) is 6.06. The lowest BCUT2D eigenvalue weighted by Crippen LogP contribution is -2.34. The van der Waals surface area contributed by atoms with Crippen LogP contribution in [0.25, 0.3) is 0 Å². The van der Waals surface area contributed by atoms with E-state index in [2.05, 4.69) is 0 Å². The summed E-state index contributed by atoms with van der Waals surface area (Å²) in [5, 5.41) is 11.1. The van der Waals surface area contributed by atoms with Gasteiger partial charge >= 0.3 is 0 Å². The van der Waals surface area contributed by atoms with Crippen LogP contribution in [-0.4, -0.2) is 37.3 Å². The van der Waals surface area contributed by atoms with Gasteiger partial charge in [0.1, 0.15) is 0 Å². The molecule has 0 saturated heterocycles. The minimum Gasteiger partial charge on any atom is -0.327 e. The molecule has 0 aliphatic rings. The number of sulfonamides is 1. The van der Waals surface area contributed by atoms with Crippen LogP contribution < -0.4 is 5.73 Å². The molecule has 1 aromatic carbocycles. The summed E-state index contributed by atoms with van der Waals surface area (Å²) in [6.07, 6.45) is 0.495. The van der Waals surface area contributed by atoms with Gasteiger partial charge in [-0.2, -0.15) is 0 Å². The van der Waals surface area contributed by atoms with Crippen LogP contribution in [0.5, 0.6) is 0 Å². The van der Waals surface area contributed by atoms with Crippen LogP contribution in [0.3, 0.4) is 0 Å². The molecule has 138 valence electrons. The predicted molar refractivity (Wildman–Crippen MR) is 97.3 cm³/mol. The second-order valence-corrected chi connectivity index (χ2v) is 8.28. The summed E-state index contributed by atoms with van der Waals surface area (Å²) >= 11 is 5.94. The van der Waals surface area contributed by atoms with Gasteiger partial charge in [0.25, 0.3) is 5.69 Å². The summed E-state index contributed by atoms with van der Waals surface area (Å²) in [5.41, 5.74) is 5.84. The molecule has 0 fully saturated rings. The predicted octanol–water partition coefficient (Wildman–Crippen LogP) is 2.97. The van der Waals surface area contributed by atoms with Crippen molar-refractivity contribution in [1.82, 2.24) is 4.31 Å². The smallest absolute Gasteiger partial charge is 0.275 e. The fourth-order valence-corrected chi connectivity index (χ4v) is 3.46. The first-order valence-electron chi connectivity index (χ1n) is 7.15. The summed E-state index contributed by atoms with van der Waals surface area (Å²) < 4.78 is 26.3. The van der Waals surface area contributed by atoms with E-state index in [1.165, 1.54) is 20.0 Å². The molecule has 0 aromatic heterocycles. The van der Waals surface area contributed by atoms with E-state index in [-0.39, 0.29) is 52.1 Å². The fraction of sp³-hybridized carbons (Fsp3) is 0.571. The summed E-state index contributed by atoms with van der Waals surface area (Å²) in [5.74, 6) is 0.237. The third-order valence-electron chi connectivity index (χ3n) is 3.83. The molecule has 0 spiro atoms. The zero-order valence-electron chi connectivity index (χ0n) is 14.0. The highest BCUT2D eigenvalue weighted by Gasteiger charge is 2.26. The number of halogens is 2. The van der Waals surface area contributed by atoms with Gasteiger partial charge in [0, 0.05) is 31.3 Å².